The van der Waals surface area contributed by atoms with Crippen molar-refractivity contribution in [2.45, 2.75) is 37.7 Å². The van der Waals surface area contributed by atoms with Crippen LogP contribution in [-0.2, 0) is 9.53 Å². The number of nitrogens with zero attached hydrogens (tertiary/aromatic N) is 3. The van der Waals surface area contributed by atoms with E-state index in [-0.39, 0.29) is 5.91 Å². The Labute approximate surface area is 189 Å². The van der Waals surface area contributed by atoms with Crippen molar-refractivity contribution in [1.29, 1.82) is 0 Å². The van der Waals surface area contributed by atoms with E-state index >= 15 is 0 Å². The zero-order chi connectivity index (χ0) is 21.6. The predicted molar refractivity (Wildman–Crippen MR) is 122 cm³/mol. The number of piperazine rings is 1. The molecule has 6 nitrogen and oxygen atoms in total. The molecule has 0 saturated carbocycles. The first kappa shape index (κ1) is 23.6. The Morgan fingerprint density at radius 3 is 2.50 bits per heavy atom. The van der Waals surface area contributed by atoms with Gasteiger partial charge in [0.2, 0.25) is 5.91 Å². The minimum atomic E-state index is -0.645. The lowest BCUT2D eigenvalue weighted by molar-refractivity contribution is -0.136. The van der Waals surface area contributed by atoms with Gasteiger partial charge in [-0.05, 0) is 44.4 Å². The van der Waals surface area contributed by atoms with Gasteiger partial charge in [0.15, 0.2) is 0 Å². The van der Waals surface area contributed by atoms with Gasteiger partial charge in [-0.15, -0.1) is 0 Å². The topological polar surface area (TPSA) is 56.2 Å². The summed E-state index contributed by atoms with van der Waals surface area (Å²) in [5, 5.41) is 12.1. The van der Waals surface area contributed by atoms with Crippen molar-refractivity contribution in [3.05, 3.63) is 28.2 Å². The van der Waals surface area contributed by atoms with Crippen molar-refractivity contribution >= 4 is 34.8 Å². The number of carbonyl (C=O) groups is 1. The number of hydrogen-bond donors (Lipinski definition) is 1. The van der Waals surface area contributed by atoms with Crippen molar-refractivity contribution in [3.8, 4) is 0 Å². The molecule has 0 bridgehead atoms. The summed E-state index contributed by atoms with van der Waals surface area (Å²) in [6.07, 6.45) is 3.49. The molecule has 0 spiro atoms. The molecule has 168 valence electrons. The third-order valence-electron chi connectivity index (χ3n) is 6.33. The third-order valence-corrected chi connectivity index (χ3v) is 7.14. The van der Waals surface area contributed by atoms with E-state index in [1.807, 2.05) is 23.1 Å². The molecule has 8 heteroatoms. The van der Waals surface area contributed by atoms with E-state index in [2.05, 4.69) is 9.80 Å². The summed E-state index contributed by atoms with van der Waals surface area (Å²) in [7, 11) is 1.61. The Morgan fingerprint density at radius 1 is 1.13 bits per heavy atom. The number of likely N-dealkylation sites (tertiary alicyclic amines) is 1. The van der Waals surface area contributed by atoms with Crippen molar-refractivity contribution in [3.63, 3.8) is 0 Å². The molecule has 3 rings (SSSR count). The van der Waals surface area contributed by atoms with Gasteiger partial charge in [-0.1, -0.05) is 29.3 Å². The number of anilines is 1. The maximum atomic E-state index is 12.1. The van der Waals surface area contributed by atoms with Crippen LogP contribution in [-0.4, -0.2) is 85.9 Å². The van der Waals surface area contributed by atoms with Gasteiger partial charge in [0.05, 0.1) is 34.4 Å². The molecule has 1 aromatic carbocycles. The number of carbonyl (C=O) groups excluding carboxylic acids is 1. The van der Waals surface area contributed by atoms with E-state index in [1.165, 1.54) is 0 Å². The Balaban J connectivity index is 1.36. The van der Waals surface area contributed by atoms with Gasteiger partial charge in [0.1, 0.15) is 0 Å². The largest absolute Gasteiger partial charge is 0.390 e. The van der Waals surface area contributed by atoms with Crippen LogP contribution in [0.1, 0.15) is 32.1 Å². The summed E-state index contributed by atoms with van der Waals surface area (Å²) in [6.45, 7) is 6.50. The average molecular weight is 458 g/mol. The first-order valence-electron chi connectivity index (χ1n) is 10.8. The van der Waals surface area contributed by atoms with E-state index in [4.69, 9.17) is 27.9 Å². The predicted octanol–water partition coefficient (Wildman–Crippen LogP) is 3.29. The van der Waals surface area contributed by atoms with Crippen LogP contribution in [0.25, 0.3) is 0 Å². The smallest absolute Gasteiger partial charge is 0.224 e. The Hall–Kier alpha value is -1.05. The SMILES string of the molecule is COCCC(=O)N1CCC(O)(CCCN2CCN(c3cccc(Cl)c3Cl)CC2)CC1. The second kappa shape index (κ2) is 11.0. The van der Waals surface area contributed by atoms with E-state index in [0.717, 1.165) is 51.3 Å². The molecule has 0 aliphatic carbocycles. The van der Waals surface area contributed by atoms with Crippen molar-refractivity contribution in [2.75, 3.05) is 64.4 Å². The highest BCUT2D eigenvalue weighted by atomic mass is 35.5. The van der Waals surface area contributed by atoms with Crippen LogP contribution in [0.4, 0.5) is 5.69 Å². The average Bonchev–Trinajstić information content (AvgIpc) is 2.75. The summed E-state index contributed by atoms with van der Waals surface area (Å²) in [6, 6.07) is 5.77. The molecule has 2 heterocycles. The van der Waals surface area contributed by atoms with Gasteiger partial charge in [0, 0.05) is 46.4 Å². The third kappa shape index (κ3) is 6.24. The highest BCUT2D eigenvalue weighted by Crippen LogP contribution is 2.33. The normalized spacial score (nSPS) is 19.9. The summed E-state index contributed by atoms with van der Waals surface area (Å²) < 4.78 is 4.98. The molecule has 1 amide bonds. The second-order valence-corrected chi connectivity index (χ2v) is 9.14. The standard InChI is InChI=1S/C22H33Cl2N3O3/c1-30-17-6-20(28)27-11-8-22(29,9-12-27)7-3-10-25-13-15-26(16-14-25)19-5-2-4-18(23)21(19)24/h2,4-5,29H,3,6-17H2,1H3. The zero-order valence-electron chi connectivity index (χ0n) is 17.8. The van der Waals surface area contributed by atoms with Crippen LogP contribution < -0.4 is 4.90 Å². The molecule has 0 atom stereocenters. The van der Waals surface area contributed by atoms with Crippen LogP contribution in [0.15, 0.2) is 18.2 Å². The highest BCUT2D eigenvalue weighted by molar-refractivity contribution is 6.43. The van der Waals surface area contributed by atoms with Crippen LogP contribution in [0.3, 0.4) is 0 Å². The summed E-state index contributed by atoms with van der Waals surface area (Å²) in [5.74, 6) is 0.122. The molecule has 0 radical (unpaired) electrons. The molecule has 2 aliphatic rings. The molecule has 0 unspecified atom stereocenters. The molecule has 0 aromatic heterocycles. The van der Waals surface area contributed by atoms with Gasteiger partial charge < -0.3 is 19.6 Å². The number of amides is 1. The molecule has 30 heavy (non-hydrogen) atoms. The van der Waals surface area contributed by atoms with Gasteiger partial charge in [-0.25, -0.2) is 0 Å². The van der Waals surface area contributed by atoms with Crippen LogP contribution in [0.2, 0.25) is 10.0 Å². The fourth-order valence-corrected chi connectivity index (χ4v) is 4.77. The number of benzene rings is 1. The molecular weight excluding hydrogens is 425 g/mol. The Morgan fingerprint density at radius 2 is 1.83 bits per heavy atom. The van der Waals surface area contributed by atoms with E-state index in [0.29, 0.717) is 49.0 Å². The van der Waals surface area contributed by atoms with Crippen LogP contribution in [0, 0.1) is 0 Å². The Kier molecular flexibility index (Phi) is 8.66. The lowest BCUT2D eigenvalue weighted by atomic mass is 9.87. The summed E-state index contributed by atoms with van der Waals surface area (Å²) >= 11 is 12.5. The first-order chi connectivity index (χ1) is 14.4. The number of piperidine rings is 1. The number of aliphatic hydroxyl groups is 1. The second-order valence-electron chi connectivity index (χ2n) is 8.35. The molecule has 1 aromatic rings. The van der Waals surface area contributed by atoms with Crippen molar-refractivity contribution < 1.29 is 14.6 Å². The van der Waals surface area contributed by atoms with Crippen molar-refractivity contribution in [2.24, 2.45) is 0 Å². The van der Waals surface area contributed by atoms with E-state index < -0.39 is 5.60 Å². The quantitative estimate of drug-likeness (QED) is 0.648. The van der Waals surface area contributed by atoms with E-state index in [1.54, 1.807) is 7.11 Å². The summed E-state index contributed by atoms with van der Waals surface area (Å²) in [4.78, 5) is 18.7. The monoisotopic (exact) mass is 457 g/mol. The maximum absolute atomic E-state index is 12.1. The number of rotatable bonds is 8. The van der Waals surface area contributed by atoms with Gasteiger partial charge in [0.25, 0.3) is 0 Å². The Bertz CT molecular complexity index is 703. The fourth-order valence-electron chi connectivity index (χ4n) is 4.35. The maximum Gasteiger partial charge on any atom is 0.224 e. The molecule has 1 N–H and O–H groups in total. The number of ether oxygens (including phenoxy) is 1. The zero-order valence-corrected chi connectivity index (χ0v) is 19.3. The number of methoxy groups -OCH3 is 1. The van der Waals surface area contributed by atoms with E-state index in [9.17, 15) is 9.90 Å². The molecule has 2 aliphatic heterocycles. The van der Waals surface area contributed by atoms with Crippen molar-refractivity contribution in [1.82, 2.24) is 9.80 Å². The minimum Gasteiger partial charge on any atom is -0.390 e. The molecule has 2 fully saturated rings. The van der Waals surface area contributed by atoms with Gasteiger partial charge >= 0.3 is 0 Å². The first-order valence-corrected chi connectivity index (χ1v) is 11.6. The minimum absolute atomic E-state index is 0.122. The number of halogens is 2. The number of hydrogen-bond acceptors (Lipinski definition) is 5. The highest BCUT2D eigenvalue weighted by Gasteiger charge is 2.33. The summed E-state index contributed by atoms with van der Waals surface area (Å²) in [5.41, 5.74) is 0.360. The fraction of sp³-hybridized carbons (Fsp3) is 0.682. The van der Waals surface area contributed by atoms with Crippen LogP contribution in [0.5, 0.6) is 0 Å². The van der Waals surface area contributed by atoms with Crippen LogP contribution >= 0.6 is 23.2 Å². The lowest BCUT2D eigenvalue weighted by Crippen LogP contribution is -2.48. The lowest BCUT2D eigenvalue weighted by Gasteiger charge is -2.39. The van der Waals surface area contributed by atoms with Gasteiger partial charge in [-0.2, -0.15) is 0 Å². The van der Waals surface area contributed by atoms with Gasteiger partial charge in [-0.3, -0.25) is 9.69 Å². The molecular formula is C22H33Cl2N3O3. The molecule has 2 saturated heterocycles.